The maximum absolute atomic E-state index is 12.8. The molecule has 0 N–H and O–H groups in total. The molecule has 0 aliphatic carbocycles. The van der Waals surface area contributed by atoms with Crippen LogP contribution in [0.2, 0.25) is 0 Å². The Morgan fingerprint density at radius 3 is 2.43 bits per heavy atom. The minimum Gasteiger partial charge on any atom is -0.454 e. The van der Waals surface area contributed by atoms with Crippen LogP contribution in [0.3, 0.4) is 0 Å². The minimum atomic E-state index is -0.0320. The SMILES string of the molecule is O=C(c1ccc(N2CCCCC2)nn1)N1CCN(Cc2ccc3c(c2)OCO3)CC1. The van der Waals surface area contributed by atoms with E-state index in [4.69, 9.17) is 9.47 Å². The van der Waals surface area contributed by atoms with E-state index >= 15 is 0 Å². The smallest absolute Gasteiger partial charge is 0.274 e. The largest absolute Gasteiger partial charge is 0.454 e. The van der Waals surface area contributed by atoms with Gasteiger partial charge in [-0.3, -0.25) is 9.69 Å². The van der Waals surface area contributed by atoms with Crippen molar-refractivity contribution in [3.05, 3.63) is 41.6 Å². The molecule has 4 heterocycles. The van der Waals surface area contributed by atoms with Gasteiger partial charge in [0.1, 0.15) is 0 Å². The predicted octanol–water partition coefficient (Wildman–Crippen LogP) is 2.15. The zero-order chi connectivity index (χ0) is 20.3. The van der Waals surface area contributed by atoms with E-state index in [-0.39, 0.29) is 5.91 Å². The second kappa shape index (κ2) is 8.47. The number of piperidine rings is 1. The summed E-state index contributed by atoms with van der Waals surface area (Å²) in [7, 11) is 0. The van der Waals surface area contributed by atoms with Crippen molar-refractivity contribution in [1.29, 1.82) is 0 Å². The zero-order valence-corrected chi connectivity index (χ0v) is 17.1. The predicted molar refractivity (Wildman–Crippen MR) is 112 cm³/mol. The van der Waals surface area contributed by atoms with Crippen LogP contribution in [0, 0.1) is 0 Å². The molecule has 2 aromatic rings. The van der Waals surface area contributed by atoms with Gasteiger partial charge in [0, 0.05) is 45.8 Å². The van der Waals surface area contributed by atoms with E-state index in [2.05, 4.69) is 26.1 Å². The summed E-state index contributed by atoms with van der Waals surface area (Å²) in [6, 6.07) is 9.83. The quantitative estimate of drug-likeness (QED) is 0.766. The number of piperazine rings is 1. The average Bonchev–Trinajstić information content (AvgIpc) is 3.28. The Morgan fingerprint density at radius 1 is 0.867 bits per heavy atom. The third-order valence-corrected chi connectivity index (χ3v) is 6.05. The summed E-state index contributed by atoms with van der Waals surface area (Å²) >= 11 is 0. The van der Waals surface area contributed by atoms with E-state index in [9.17, 15) is 4.79 Å². The van der Waals surface area contributed by atoms with Gasteiger partial charge in [-0.05, 0) is 49.1 Å². The molecule has 158 valence electrons. The fraction of sp³-hybridized carbons (Fsp3) is 0.500. The van der Waals surface area contributed by atoms with E-state index in [1.165, 1.54) is 24.8 Å². The molecule has 5 rings (SSSR count). The highest BCUT2D eigenvalue weighted by molar-refractivity contribution is 5.92. The summed E-state index contributed by atoms with van der Waals surface area (Å²) in [5.41, 5.74) is 1.62. The molecule has 8 heteroatoms. The summed E-state index contributed by atoms with van der Waals surface area (Å²) in [4.78, 5) is 19.3. The Hall–Kier alpha value is -2.87. The molecular weight excluding hydrogens is 382 g/mol. The van der Waals surface area contributed by atoms with Crippen LogP contribution in [0.4, 0.5) is 5.82 Å². The summed E-state index contributed by atoms with van der Waals surface area (Å²) in [5, 5.41) is 8.54. The van der Waals surface area contributed by atoms with Crippen molar-refractivity contribution < 1.29 is 14.3 Å². The summed E-state index contributed by atoms with van der Waals surface area (Å²) in [6.45, 7) is 6.22. The Bertz CT molecular complexity index is 890. The molecule has 2 fully saturated rings. The molecule has 3 aliphatic rings. The number of nitrogens with zero attached hydrogens (tertiary/aromatic N) is 5. The molecule has 2 saturated heterocycles. The van der Waals surface area contributed by atoms with Gasteiger partial charge >= 0.3 is 0 Å². The Labute approximate surface area is 176 Å². The standard InChI is InChI=1S/C22H27N5O3/c28-22(18-5-7-21(24-23-18)26-8-2-1-3-9-26)27-12-10-25(11-13-27)15-17-4-6-19-20(14-17)30-16-29-19/h4-7,14H,1-3,8-13,15-16H2. The number of anilines is 1. The number of aromatic nitrogens is 2. The lowest BCUT2D eigenvalue weighted by atomic mass is 10.1. The van der Waals surface area contributed by atoms with Crippen LogP contribution in [0.5, 0.6) is 11.5 Å². The monoisotopic (exact) mass is 409 g/mol. The van der Waals surface area contributed by atoms with Crippen molar-refractivity contribution in [3.8, 4) is 11.5 Å². The molecule has 0 radical (unpaired) electrons. The van der Waals surface area contributed by atoms with E-state index in [1.807, 2.05) is 29.2 Å². The second-order valence-electron chi connectivity index (χ2n) is 8.08. The molecule has 0 bridgehead atoms. The lowest BCUT2D eigenvalue weighted by molar-refractivity contribution is 0.0621. The summed E-state index contributed by atoms with van der Waals surface area (Å²) in [6.07, 6.45) is 3.67. The lowest BCUT2D eigenvalue weighted by Crippen LogP contribution is -2.48. The molecule has 8 nitrogen and oxygen atoms in total. The maximum Gasteiger partial charge on any atom is 0.274 e. The summed E-state index contributed by atoms with van der Waals surface area (Å²) in [5.74, 6) is 2.46. The topological polar surface area (TPSA) is 71.0 Å². The van der Waals surface area contributed by atoms with Gasteiger partial charge in [-0.2, -0.15) is 0 Å². The molecule has 1 aromatic carbocycles. The molecule has 1 aromatic heterocycles. The van der Waals surface area contributed by atoms with Gasteiger partial charge in [-0.1, -0.05) is 6.07 Å². The zero-order valence-electron chi connectivity index (χ0n) is 17.1. The van der Waals surface area contributed by atoms with Crippen molar-refractivity contribution in [1.82, 2.24) is 20.0 Å². The Morgan fingerprint density at radius 2 is 1.67 bits per heavy atom. The van der Waals surface area contributed by atoms with Crippen molar-refractivity contribution in [3.63, 3.8) is 0 Å². The van der Waals surface area contributed by atoms with E-state index in [0.29, 0.717) is 25.6 Å². The second-order valence-corrected chi connectivity index (χ2v) is 8.08. The number of benzene rings is 1. The summed E-state index contributed by atoms with van der Waals surface area (Å²) < 4.78 is 10.8. The van der Waals surface area contributed by atoms with Crippen LogP contribution in [-0.2, 0) is 6.54 Å². The number of amides is 1. The molecular formula is C22H27N5O3. The maximum atomic E-state index is 12.8. The van der Waals surface area contributed by atoms with Gasteiger partial charge in [0.2, 0.25) is 6.79 Å². The van der Waals surface area contributed by atoms with Crippen LogP contribution in [0.25, 0.3) is 0 Å². The van der Waals surface area contributed by atoms with E-state index in [1.54, 1.807) is 0 Å². The minimum absolute atomic E-state index is 0.0320. The van der Waals surface area contributed by atoms with Crippen molar-refractivity contribution in [2.45, 2.75) is 25.8 Å². The molecule has 1 amide bonds. The third-order valence-electron chi connectivity index (χ3n) is 6.05. The fourth-order valence-electron chi connectivity index (χ4n) is 4.30. The Kier molecular flexibility index (Phi) is 5.40. The van der Waals surface area contributed by atoms with E-state index < -0.39 is 0 Å². The van der Waals surface area contributed by atoms with Gasteiger partial charge < -0.3 is 19.3 Å². The highest BCUT2D eigenvalue weighted by Crippen LogP contribution is 2.32. The Balaban J connectivity index is 1.15. The van der Waals surface area contributed by atoms with Gasteiger partial charge in [-0.15, -0.1) is 10.2 Å². The molecule has 0 saturated carbocycles. The number of carbonyl (C=O) groups is 1. The van der Waals surface area contributed by atoms with Crippen molar-refractivity contribution in [2.24, 2.45) is 0 Å². The number of rotatable bonds is 4. The highest BCUT2D eigenvalue weighted by Gasteiger charge is 2.24. The lowest BCUT2D eigenvalue weighted by Gasteiger charge is -2.34. The van der Waals surface area contributed by atoms with Gasteiger partial charge in [0.05, 0.1) is 0 Å². The van der Waals surface area contributed by atoms with Crippen molar-refractivity contribution >= 4 is 11.7 Å². The number of ether oxygens (including phenoxy) is 2. The molecule has 30 heavy (non-hydrogen) atoms. The molecule has 0 spiro atoms. The van der Waals surface area contributed by atoms with Crippen LogP contribution >= 0.6 is 0 Å². The number of carbonyl (C=O) groups excluding carboxylic acids is 1. The molecule has 0 unspecified atom stereocenters. The van der Waals surface area contributed by atoms with Crippen LogP contribution < -0.4 is 14.4 Å². The number of hydrogen-bond donors (Lipinski definition) is 0. The van der Waals surface area contributed by atoms with Gasteiger partial charge in [0.15, 0.2) is 23.0 Å². The first-order valence-corrected chi connectivity index (χ1v) is 10.8. The van der Waals surface area contributed by atoms with Gasteiger partial charge in [0.25, 0.3) is 5.91 Å². The molecule has 3 aliphatic heterocycles. The highest BCUT2D eigenvalue weighted by atomic mass is 16.7. The molecule has 0 atom stereocenters. The number of hydrogen-bond acceptors (Lipinski definition) is 7. The fourth-order valence-corrected chi connectivity index (χ4v) is 4.30. The first kappa shape index (κ1) is 19.1. The van der Waals surface area contributed by atoms with Crippen LogP contribution in [0.15, 0.2) is 30.3 Å². The van der Waals surface area contributed by atoms with Gasteiger partial charge in [-0.25, -0.2) is 0 Å². The third kappa shape index (κ3) is 4.05. The van der Waals surface area contributed by atoms with Crippen molar-refractivity contribution in [2.75, 3.05) is 51.0 Å². The average molecular weight is 409 g/mol. The van der Waals surface area contributed by atoms with E-state index in [0.717, 1.165) is 50.0 Å². The normalized spacial score (nSPS) is 19.2. The first-order chi connectivity index (χ1) is 14.8. The number of fused-ring (bicyclic) bond motifs is 1. The van der Waals surface area contributed by atoms with Crippen LogP contribution in [-0.4, -0.2) is 72.0 Å². The first-order valence-electron chi connectivity index (χ1n) is 10.8. The van der Waals surface area contributed by atoms with Crippen LogP contribution in [0.1, 0.15) is 35.3 Å².